The molecule has 1 N–H and O–H groups in total. The summed E-state index contributed by atoms with van der Waals surface area (Å²) in [6.07, 6.45) is 2.12. The van der Waals surface area contributed by atoms with Crippen LogP contribution < -0.4 is 10.2 Å². The maximum Gasteiger partial charge on any atom is 0.245 e. The molecule has 2 aliphatic rings. The topological polar surface area (TPSA) is 86.8 Å². The van der Waals surface area contributed by atoms with Crippen molar-refractivity contribution in [3.8, 4) is 0 Å². The average molecular weight is 613 g/mol. The summed E-state index contributed by atoms with van der Waals surface area (Å²) in [5.74, 6) is -0.747. The summed E-state index contributed by atoms with van der Waals surface area (Å²) in [4.78, 5) is 27.2. The zero-order valence-electron chi connectivity index (χ0n) is 19.1. The molecule has 182 valence electrons. The third-order valence-electron chi connectivity index (χ3n) is 6.40. The summed E-state index contributed by atoms with van der Waals surface area (Å²) in [5.41, 5.74) is 3.00. The van der Waals surface area contributed by atoms with Gasteiger partial charge in [-0.2, -0.15) is 4.31 Å². The quantitative estimate of drug-likeness (QED) is 0.523. The number of carbonyl (C=O) groups is 2. The largest absolute Gasteiger partial charge is 0.326 e. The number of carbonyl (C=O) groups excluding carboxylic acids is 2. The number of sulfonamides is 1. The van der Waals surface area contributed by atoms with Crippen LogP contribution in [-0.4, -0.2) is 44.2 Å². The number of hydrogen-bond donors (Lipinski definition) is 1. The average Bonchev–Trinajstić information content (AvgIpc) is 3.24. The van der Waals surface area contributed by atoms with E-state index in [1.165, 1.54) is 4.31 Å². The van der Waals surface area contributed by atoms with E-state index in [-0.39, 0.29) is 23.3 Å². The Labute approximate surface area is 217 Å². The van der Waals surface area contributed by atoms with Crippen LogP contribution in [0.1, 0.15) is 37.3 Å². The molecular weight excluding hydrogens is 586 g/mol. The van der Waals surface area contributed by atoms with Gasteiger partial charge in [-0.15, -0.1) is 0 Å². The van der Waals surface area contributed by atoms with Crippen molar-refractivity contribution in [3.63, 3.8) is 0 Å². The van der Waals surface area contributed by atoms with Crippen molar-refractivity contribution < 1.29 is 18.0 Å². The lowest BCUT2D eigenvalue weighted by atomic mass is 9.98. The minimum Gasteiger partial charge on any atom is -0.326 e. The van der Waals surface area contributed by atoms with Crippen LogP contribution in [0.25, 0.3) is 0 Å². The van der Waals surface area contributed by atoms with Crippen LogP contribution >= 0.6 is 31.9 Å². The molecule has 0 radical (unpaired) electrons. The normalized spacial score (nSPS) is 18.6. The third kappa shape index (κ3) is 4.96. The van der Waals surface area contributed by atoms with Crippen LogP contribution in [0.5, 0.6) is 0 Å². The molecule has 10 heteroatoms. The number of halogens is 2. The highest BCUT2D eigenvalue weighted by molar-refractivity contribution is 9.10. The first-order valence-corrected chi connectivity index (χ1v) is 14.3. The first-order valence-electron chi connectivity index (χ1n) is 11.3. The van der Waals surface area contributed by atoms with Crippen molar-refractivity contribution in [2.45, 2.75) is 44.4 Å². The van der Waals surface area contributed by atoms with E-state index >= 15 is 0 Å². The molecule has 0 bridgehead atoms. The molecule has 2 aromatic rings. The number of benzene rings is 2. The minimum atomic E-state index is -3.91. The Morgan fingerprint density at radius 1 is 1.15 bits per heavy atom. The van der Waals surface area contributed by atoms with Gasteiger partial charge in [-0.25, -0.2) is 8.42 Å². The van der Waals surface area contributed by atoms with E-state index in [1.54, 1.807) is 17.9 Å². The van der Waals surface area contributed by atoms with E-state index in [0.29, 0.717) is 54.6 Å². The Hall–Kier alpha value is -1.75. The van der Waals surface area contributed by atoms with E-state index in [0.717, 1.165) is 15.6 Å². The molecule has 2 heterocycles. The smallest absolute Gasteiger partial charge is 0.245 e. The summed E-state index contributed by atoms with van der Waals surface area (Å²) < 4.78 is 30.6. The van der Waals surface area contributed by atoms with Gasteiger partial charge in [0.05, 0.1) is 11.6 Å². The standard InChI is InChI=1S/C24H27Br2N3O4S/c1-3-22(30)29-10-8-16-12-18(25)13-21(23(16)29)34(32,33)28-9-4-5-17(14-28)24(31)27-19-6-7-20(26)15(2)11-19/h6-7,11-13,17H,3-5,8-10,14H2,1-2H3,(H,27,31)/t17-/m0/s1. The molecule has 2 aliphatic heterocycles. The number of nitrogens with zero attached hydrogens (tertiary/aromatic N) is 2. The monoisotopic (exact) mass is 611 g/mol. The van der Waals surface area contributed by atoms with E-state index in [9.17, 15) is 18.0 Å². The van der Waals surface area contributed by atoms with Crippen molar-refractivity contribution >= 4 is 65.1 Å². The molecular formula is C24H27Br2N3O4S. The van der Waals surface area contributed by atoms with E-state index in [2.05, 4.69) is 37.2 Å². The van der Waals surface area contributed by atoms with Crippen LogP contribution in [-0.2, 0) is 26.0 Å². The van der Waals surface area contributed by atoms with E-state index < -0.39 is 15.9 Å². The Morgan fingerprint density at radius 2 is 1.91 bits per heavy atom. The molecule has 0 saturated carbocycles. The van der Waals surface area contributed by atoms with Gasteiger partial charge in [0, 0.05) is 40.7 Å². The van der Waals surface area contributed by atoms with Crippen molar-refractivity contribution in [2.75, 3.05) is 29.9 Å². The fourth-order valence-corrected chi connectivity index (χ4v) is 7.28. The SMILES string of the molecule is CCC(=O)N1CCc2cc(Br)cc(S(=O)(=O)N3CCC[C@H](C(=O)Nc4ccc(Br)c(C)c4)C3)c21. The second-order valence-electron chi connectivity index (χ2n) is 8.72. The number of piperidine rings is 1. The number of amides is 2. The van der Waals surface area contributed by atoms with Crippen molar-refractivity contribution in [1.29, 1.82) is 0 Å². The van der Waals surface area contributed by atoms with Gasteiger partial charge >= 0.3 is 0 Å². The van der Waals surface area contributed by atoms with Gasteiger partial charge in [0.25, 0.3) is 0 Å². The van der Waals surface area contributed by atoms with Crippen LogP contribution in [0.3, 0.4) is 0 Å². The second kappa shape index (κ2) is 10.1. The Bertz CT molecular complexity index is 1250. The van der Waals surface area contributed by atoms with Gasteiger partial charge in [0.15, 0.2) is 0 Å². The third-order valence-corrected chi connectivity index (χ3v) is 9.62. The zero-order valence-corrected chi connectivity index (χ0v) is 23.1. The summed E-state index contributed by atoms with van der Waals surface area (Å²) in [6.45, 7) is 4.63. The molecule has 0 aliphatic carbocycles. The number of rotatable bonds is 5. The number of fused-ring (bicyclic) bond motifs is 1. The minimum absolute atomic E-state index is 0.0989. The molecule has 34 heavy (non-hydrogen) atoms. The Balaban J connectivity index is 1.59. The summed E-state index contributed by atoms with van der Waals surface area (Å²) in [6, 6.07) is 9.02. The summed E-state index contributed by atoms with van der Waals surface area (Å²) in [7, 11) is -3.91. The van der Waals surface area contributed by atoms with Gasteiger partial charge in [-0.1, -0.05) is 38.8 Å². The molecule has 4 rings (SSSR count). The van der Waals surface area contributed by atoms with Gasteiger partial charge in [-0.3, -0.25) is 9.59 Å². The van der Waals surface area contributed by atoms with Crippen molar-refractivity contribution in [2.24, 2.45) is 5.92 Å². The summed E-state index contributed by atoms with van der Waals surface area (Å²) >= 11 is 6.89. The predicted octanol–water partition coefficient (Wildman–Crippen LogP) is 4.86. The second-order valence-corrected chi connectivity index (χ2v) is 12.4. The molecule has 1 fully saturated rings. The lowest BCUT2D eigenvalue weighted by Gasteiger charge is -2.32. The lowest BCUT2D eigenvalue weighted by molar-refractivity contribution is -0.121. The van der Waals surface area contributed by atoms with Crippen LogP contribution in [0, 0.1) is 12.8 Å². The summed E-state index contributed by atoms with van der Waals surface area (Å²) in [5, 5.41) is 2.93. The maximum atomic E-state index is 13.8. The Kier molecular flexibility index (Phi) is 7.52. The Morgan fingerprint density at radius 3 is 2.62 bits per heavy atom. The molecule has 1 saturated heterocycles. The molecule has 7 nitrogen and oxygen atoms in total. The first-order chi connectivity index (χ1) is 16.1. The van der Waals surface area contributed by atoms with Crippen LogP contribution in [0.2, 0.25) is 0 Å². The fraction of sp³-hybridized carbons (Fsp3) is 0.417. The number of aryl methyl sites for hydroxylation is 1. The highest BCUT2D eigenvalue weighted by Gasteiger charge is 2.38. The number of anilines is 2. The predicted molar refractivity (Wildman–Crippen MR) is 139 cm³/mol. The molecule has 0 unspecified atom stereocenters. The fourth-order valence-electron chi connectivity index (χ4n) is 4.59. The van der Waals surface area contributed by atoms with Gasteiger partial charge in [0.1, 0.15) is 4.90 Å². The number of nitrogens with one attached hydrogen (secondary N) is 1. The number of hydrogen-bond acceptors (Lipinski definition) is 4. The molecule has 0 aromatic heterocycles. The van der Waals surface area contributed by atoms with E-state index in [1.807, 2.05) is 31.2 Å². The maximum absolute atomic E-state index is 13.8. The highest BCUT2D eigenvalue weighted by atomic mass is 79.9. The van der Waals surface area contributed by atoms with Gasteiger partial charge in [-0.05, 0) is 67.6 Å². The van der Waals surface area contributed by atoms with Gasteiger partial charge in [0.2, 0.25) is 21.8 Å². The first kappa shape index (κ1) is 25.3. The van der Waals surface area contributed by atoms with E-state index in [4.69, 9.17) is 0 Å². The van der Waals surface area contributed by atoms with Crippen LogP contribution in [0.4, 0.5) is 11.4 Å². The highest BCUT2D eigenvalue weighted by Crippen LogP contribution is 2.40. The zero-order chi connectivity index (χ0) is 24.6. The van der Waals surface area contributed by atoms with Crippen molar-refractivity contribution in [1.82, 2.24) is 4.31 Å². The lowest BCUT2D eigenvalue weighted by Crippen LogP contribution is -2.44. The van der Waals surface area contributed by atoms with Crippen LogP contribution in [0.15, 0.2) is 44.2 Å². The van der Waals surface area contributed by atoms with Gasteiger partial charge < -0.3 is 10.2 Å². The molecule has 1 atom stereocenters. The van der Waals surface area contributed by atoms with Crippen molar-refractivity contribution in [3.05, 3.63) is 50.4 Å². The molecule has 0 spiro atoms. The molecule has 2 aromatic carbocycles. The molecule has 2 amide bonds.